The third-order valence-electron chi connectivity index (χ3n) is 6.91. The maximum absolute atomic E-state index is 14.6. The first-order valence-corrected chi connectivity index (χ1v) is 12.3. The largest absolute Gasteiger partial charge is 0.453 e. The summed E-state index contributed by atoms with van der Waals surface area (Å²) in [6.45, 7) is 9.78. The molecule has 1 amide bonds. The number of carbonyl (C=O) groups excluding carboxylic acids is 1. The summed E-state index contributed by atoms with van der Waals surface area (Å²) in [5.41, 5.74) is 4.63. The second-order valence-corrected chi connectivity index (χ2v) is 8.84. The van der Waals surface area contributed by atoms with Crippen LogP contribution in [0.4, 0.5) is 26.4 Å². The van der Waals surface area contributed by atoms with Crippen molar-refractivity contribution in [2.45, 2.75) is 52.6 Å². The normalized spacial score (nSPS) is 18.1. The molecule has 9 heteroatoms. The first kappa shape index (κ1) is 24.3. The molecule has 1 saturated heterocycles. The van der Waals surface area contributed by atoms with Gasteiger partial charge in [0.15, 0.2) is 5.82 Å². The first-order chi connectivity index (χ1) is 16.5. The molecule has 0 saturated carbocycles. The molecule has 3 aliphatic rings. The van der Waals surface area contributed by atoms with E-state index in [4.69, 9.17) is 14.6 Å². The van der Waals surface area contributed by atoms with Crippen molar-refractivity contribution in [3.8, 4) is 0 Å². The summed E-state index contributed by atoms with van der Waals surface area (Å²) in [5.74, 6) is 0.593. The molecular weight excluding hydrogens is 437 g/mol. The number of amides is 1. The van der Waals surface area contributed by atoms with Crippen molar-refractivity contribution in [1.29, 1.82) is 0 Å². The number of benzene rings is 1. The highest BCUT2D eigenvalue weighted by Gasteiger charge is 2.35. The summed E-state index contributed by atoms with van der Waals surface area (Å²) in [6, 6.07) is 3.79. The number of likely N-dealkylation sites (N-methyl/N-ethyl adjacent to an activating group) is 1. The number of methoxy groups -OCH3 is 1. The minimum absolute atomic E-state index is 0.224. The molecule has 3 aliphatic heterocycles. The fraction of sp³-hybridized carbons (Fsp3) is 0.600. The standard InChI is InChI=1S/C23H30FN5O3.C2H6/c1-15-12-20-21(13-18(15)24)28(9-8-26(20)2)22-17-14-27(23(30)31-3)7-4-19(17)29(25-22)16-5-10-32-11-6-16;1-2/h12-13,16H,4-11,14H2,1-3H3;1-2H3. The Balaban J connectivity index is 0.00000133. The number of hydrogen-bond donors (Lipinski definition) is 0. The second-order valence-electron chi connectivity index (χ2n) is 8.84. The number of carbonyl (C=O) groups is 1. The van der Waals surface area contributed by atoms with Gasteiger partial charge in [-0.1, -0.05) is 13.8 Å². The van der Waals surface area contributed by atoms with Gasteiger partial charge in [-0.15, -0.1) is 0 Å². The lowest BCUT2D eigenvalue weighted by Gasteiger charge is -2.37. The Bertz CT molecular complexity index is 1030. The fourth-order valence-electron chi connectivity index (χ4n) is 5.05. The molecule has 0 atom stereocenters. The number of anilines is 3. The van der Waals surface area contributed by atoms with E-state index in [1.165, 1.54) is 12.8 Å². The van der Waals surface area contributed by atoms with Crippen LogP contribution in [0.5, 0.6) is 0 Å². The van der Waals surface area contributed by atoms with E-state index >= 15 is 0 Å². The molecule has 0 unspecified atom stereocenters. The van der Waals surface area contributed by atoms with Crippen LogP contribution in [0, 0.1) is 12.7 Å². The van der Waals surface area contributed by atoms with Gasteiger partial charge < -0.3 is 24.2 Å². The molecule has 1 fully saturated rings. The van der Waals surface area contributed by atoms with Crippen LogP contribution in [-0.4, -0.2) is 67.8 Å². The first-order valence-electron chi connectivity index (χ1n) is 12.3. The second kappa shape index (κ2) is 10.2. The van der Waals surface area contributed by atoms with Crippen LogP contribution in [0.1, 0.15) is 49.6 Å². The van der Waals surface area contributed by atoms with E-state index in [-0.39, 0.29) is 18.0 Å². The lowest BCUT2D eigenvalue weighted by atomic mass is 10.0. The monoisotopic (exact) mass is 473 g/mol. The molecule has 0 aliphatic carbocycles. The van der Waals surface area contributed by atoms with Crippen LogP contribution in [-0.2, 0) is 22.4 Å². The average Bonchev–Trinajstić information content (AvgIpc) is 3.25. The Kier molecular flexibility index (Phi) is 7.30. The molecule has 8 nitrogen and oxygen atoms in total. The van der Waals surface area contributed by atoms with Gasteiger partial charge in [-0.3, -0.25) is 4.68 Å². The van der Waals surface area contributed by atoms with E-state index < -0.39 is 0 Å². The van der Waals surface area contributed by atoms with Gasteiger partial charge in [-0.2, -0.15) is 5.10 Å². The number of hydrogen-bond acceptors (Lipinski definition) is 6. The highest BCUT2D eigenvalue weighted by atomic mass is 19.1. The molecule has 5 rings (SSSR count). The zero-order valence-corrected chi connectivity index (χ0v) is 20.9. The fourth-order valence-corrected chi connectivity index (χ4v) is 5.05. The zero-order chi connectivity index (χ0) is 24.4. The van der Waals surface area contributed by atoms with Gasteiger partial charge in [-0.25, -0.2) is 9.18 Å². The molecule has 1 aromatic heterocycles. The summed E-state index contributed by atoms with van der Waals surface area (Å²) < 4.78 is 27.3. The Morgan fingerprint density at radius 2 is 1.88 bits per heavy atom. The lowest BCUT2D eigenvalue weighted by molar-refractivity contribution is 0.0649. The number of fused-ring (bicyclic) bond motifs is 2. The Hall–Kier alpha value is -2.81. The van der Waals surface area contributed by atoms with Crippen LogP contribution >= 0.6 is 0 Å². The van der Waals surface area contributed by atoms with Gasteiger partial charge in [0.1, 0.15) is 5.82 Å². The number of halogens is 1. The third-order valence-corrected chi connectivity index (χ3v) is 6.91. The Morgan fingerprint density at radius 3 is 2.59 bits per heavy atom. The van der Waals surface area contributed by atoms with Crippen LogP contribution in [0.2, 0.25) is 0 Å². The number of rotatable bonds is 2. The average molecular weight is 474 g/mol. The highest BCUT2D eigenvalue weighted by Crippen LogP contribution is 2.42. The predicted octanol–water partition coefficient (Wildman–Crippen LogP) is 4.42. The minimum Gasteiger partial charge on any atom is -0.453 e. The van der Waals surface area contributed by atoms with Crippen LogP contribution < -0.4 is 9.80 Å². The molecule has 0 bridgehead atoms. The smallest absolute Gasteiger partial charge is 0.409 e. The Morgan fingerprint density at radius 1 is 1.15 bits per heavy atom. The molecule has 2 aromatic rings. The highest BCUT2D eigenvalue weighted by molar-refractivity contribution is 5.80. The van der Waals surface area contributed by atoms with Crippen molar-refractivity contribution < 1.29 is 18.7 Å². The molecular formula is C25H36FN5O3. The molecule has 34 heavy (non-hydrogen) atoms. The molecule has 0 spiro atoms. The van der Waals surface area contributed by atoms with E-state index in [1.807, 2.05) is 27.0 Å². The molecule has 0 radical (unpaired) electrons. The van der Waals surface area contributed by atoms with Crippen molar-refractivity contribution in [2.75, 3.05) is 56.8 Å². The summed E-state index contributed by atoms with van der Waals surface area (Å²) >= 11 is 0. The topological polar surface area (TPSA) is 63.1 Å². The lowest BCUT2D eigenvalue weighted by Crippen LogP contribution is -2.39. The molecule has 0 N–H and O–H groups in total. The SMILES string of the molecule is CC.COC(=O)N1CCc2c(c(N3CCN(C)c4cc(C)c(F)cc43)nn2C2CCOCC2)C1. The van der Waals surface area contributed by atoms with Crippen molar-refractivity contribution in [3.05, 3.63) is 34.8 Å². The zero-order valence-electron chi connectivity index (χ0n) is 20.9. The van der Waals surface area contributed by atoms with Crippen molar-refractivity contribution in [1.82, 2.24) is 14.7 Å². The summed E-state index contributed by atoms with van der Waals surface area (Å²) in [6.07, 6.45) is 2.22. The van der Waals surface area contributed by atoms with Gasteiger partial charge in [0.05, 0.1) is 31.1 Å². The van der Waals surface area contributed by atoms with Gasteiger partial charge in [0.2, 0.25) is 0 Å². The van der Waals surface area contributed by atoms with E-state index in [1.54, 1.807) is 17.9 Å². The Labute approximate surface area is 201 Å². The summed E-state index contributed by atoms with van der Waals surface area (Å²) in [5, 5.41) is 5.10. The van der Waals surface area contributed by atoms with Gasteiger partial charge in [0, 0.05) is 57.6 Å². The number of aryl methyl sites for hydroxylation is 1. The van der Waals surface area contributed by atoms with Crippen molar-refractivity contribution in [3.63, 3.8) is 0 Å². The molecule has 1 aromatic carbocycles. The van der Waals surface area contributed by atoms with Gasteiger partial charge in [0.25, 0.3) is 0 Å². The minimum atomic E-state index is -0.333. The van der Waals surface area contributed by atoms with E-state index in [0.29, 0.717) is 25.2 Å². The van der Waals surface area contributed by atoms with Gasteiger partial charge in [-0.05, 0) is 37.5 Å². The number of ether oxygens (including phenoxy) is 2. The maximum Gasteiger partial charge on any atom is 0.409 e. The number of nitrogens with zero attached hydrogens (tertiary/aromatic N) is 5. The quantitative estimate of drug-likeness (QED) is 0.644. The predicted molar refractivity (Wildman–Crippen MR) is 131 cm³/mol. The third kappa shape index (κ3) is 4.33. The van der Waals surface area contributed by atoms with Crippen molar-refractivity contribution in [2.24, 2.45) is 0 Å². The maximum atomic E-state index is 14.6. The van der Waals surface area contributed by atoms with Crippen LogP contribution in [0.15, 0.2) is 12.1 Å². The van der Waals surface area contributed by atoms with Gasteiger partial charge >= 0.3 is 6.09 Å². The van der Waals surface area contributed by atoms with E-state index in [9.17, 15) is 9.18 Å². The number of aromatic nitrogens is 2. The van der Waals surface area contributed by atoms with Crippen molar-refractivity contribution >= 4 is 23.3 Å². The molecule has 186 valence electrons. The summed E-state index contributed by atoms with van der Waals surface area (Å²) in [7, 11) is 3.44. The summed E-state index contributed by atoms with van der Waals surface area (Å²) in [4.78, 5) is 18.3. The van der Waals surface area contributed by atoms with E-state index in [2.05, 4.69) is 14.5 Å². The van der Waals surface area contributed by atoms with E-state index in [0.717, 1.165) is 61.8 Å². The van der Waals surface area contributed by atoms with Crippen LogP contribution in [0.3, 0.4) is 0 Å². The molecule has 4 heterocycles. The van der Waals surface area contributed by atoms with Crippen LogP contribution in [0.25, 0.3) is 0 Å².